The van der Waals surface area contributed by atoms with Crippen molar-refractivity contribution in [2.75, 3.05) is 19.8 Å². The van der Waals surface area contributed by atoms with Crippen molar-refractivity contribution < 1.29 is 9.59 Å². The molecule has 1 unspecified atom stereocenters. The van der Waals surface area contributed by atoms with E-state index in [9.17, 15) is 9.59 Å². The minimum atomic E-state index is -0.322. The van der Waals surface area contributed by atoms with Crippen LogP contribution in [0.15, 0.2) is 29.2 Å². The number of hydrogen-bond acceptors (Lipinski definition) is 4. The van der Waals surface area contributed by atoms with Gasteiger partial charge in [0, 0.05) is 0 Å². The quantitative estimate of drug-likeness (QED) is 0.507. The molecular formula is C11H18AsN3O2S. The molecule has 0 spiro atoms. The molecule has 1 atom stereocenters. The molecule has 0 saturated heterocycles. The third-order valence-corrected chi connectivity index (χ3v) is 3.18. The molecule has 0 aromatic heterocycles. The molecule has 5 nitrogen and oxygen atoms in total. The van der Waals surface area contributed by atoms with E-state index in [0.717, 1.165) is 10.5 Å². The number of likely N-dealkylation sites (N-methyl/N-ethyl adjacent to an activating group) is 1. The van der Waals surface area contributed by atoms with Crippen molar-refractivity contribution in [3.63, 3.8) is 0 Å². The summed E-state index contributed by atoms with van der Waals surface area (Å²) < 4.78 is 2.67. The normalized spacial score (nSPS) is 9.06. The predicted molar refractivity (Wildman–Crippen MR) is 77.4 cm³/mol. The van der Waals surface area contributed by atoms with Crippen molar-refractivity contribution in [2.24, 2.45) is 5.73 Å². The Hall–Kier alpha value is -0.972. The first-order valence-electron chi connectivity index (χ1n) is 5.13. The van der Waals surface area contributed by atoms with Gasteiger partial charge in [-0.05, 0) is 7.05 Å². The molecule has 7 heteroatoms. The van der Waals surface area contributed by atoms with Gasteiger partial charge in [-0.25, -0.2) is 0 Å². The topological polar surface area (TPSA) is 84.2 Å². The molecule has 0 radical (unpaired) electrons. The summed E-state index contributed by atoms with van der Waals surface area (Å²) in [4.78, 5) is 22.1. The predicted octanol–water partition coefficient (Wildman–Crippen LogP) is -0.622. The van der Waals surface area contributed by atoms with Gasteiger partial charge >= 0.3 is 84.8 Å². The Bertz CT molecular complexity index is 402. The van der Waals surface area contributed by atoms with Crippen LogP contribution in [-0.4, -0.2) is 48.7 Å². The van der Waals surface area contributed by atoms with E-state index < -0.39 is 0 Å². The minimum absolute atomic E-state index is 0.0000463. The van der Waals surface area contributed by atoms with Crippen LogP contribution in [-0.2, 0) is 4.79 Å². The summed E-state index contributed by atoms with van der Waals surface area (Å²) >= 11 is 2.80. The second-order valence-corrected chi connectivity index (χ2v) is 4.62. The Morgan fingerprint density at radius 3 is 2.39 bits per heavy atom. The van der Waals surface area contributed by atoms with Crippen molar-refractivity contribution >= 4 is 40.7 Å². The number of rotatable bonds is 4. The van der Waals surface area contributed by atoms with Crippen LogP contribution in [0.5, 0.6) is 0 Å². The van der Waals surface area contributed by atoms with E-state index in [1.807, 2.05) is 30.5 Å². The van der Waals surface area contributed by atoms with E-state index in [-0.39, 0.29) is 18.4 Å². The molecule has 100 valence electrons. The molecular weight excluding hydrogens is 313 g/mol. The molecule has 0 aliphatic rings. The van der Waals surface area contributed by atoms with Crippen LogP contribution in [0, 0.1) is 0 Å². The summed E-state index contributed by atoms with van der Waals surface area (Å²) in [5, 5.41) is 2.59. The van der Waals surface area contributed by atoms with E-state index >= 15 is 0 Å². The summed E-state index contributed by atoms with van der Waals surface area (Å²) in [5.74, 6) is -0.322. The maximum absolute atomic E-state index is 11.3. The van der Waals surface area contributed by atoms with Gasteiger partial charge in [-0.2, -0.15) is 0 Å². The van der Waals surface area contributed by atoms with Gasteiger partial charge in [0.05, 0.1) is 6.54 Å². The molecule has 1 aromatic carbocycles. The van der Waals surface area contributed by atoms with Gasteiger partial charge in [-0.3, -0.25) is 4.79 Å². The molecule has 0 heterocycles. The molecule has 1 rings (SSSR count). The number of nitrogens with two attached hydrogens (primary N) is 1. The number of nitrogens with one attached hydrogen (secondary N) is 2. The molecule has 4 N–H and O–H groups in total. The standard InChI is InChI=1S/C8H10AsNOS.C3H8N2O/c1-12-7-5-3-2-4-6(7)8(11)10-9;1-5-2-3(4)6/h2-5H,9H2,1H3,(H,10,11);5H,2H2,1H3,(H2,4,6). The van der Waals surface area contributed by atoms with E-state index in [0.29, 0.717) is 0 Å². The monoisotopic (exact) mass is 331 g/mol. The van der Waals surface area contributed by atoms with Crippen LogP contribution in [0.1, 0.15) is 10.4 Å². The first-order valence-corrected chi connectivity index (χ1v) is 7.57. The van der Waals surface area contributed by atoms with E-state index in [2.05, 4.69) is 9.55 Å². The number of thioether (sulfide) groups is 1. The fourth-order valence-corrected chi connectivity index (χ4v) is 2.01. The first kappa shape index (κ1) is 17.0. The molecule has 0 bridgehead atoms. The first-order chi connectivity index (χ1) is 8.56. The summed E-state index contributed by atoms with van der Waals surface area (Å²) in [6.07, 6.45) is 1.97. The number of primary amides is 1. The third-order valence-electron chi connectivity index (χ3n) is 1.83. The van der Waals surface area contributed by atoms with Crippen LogP contribution in [0.3, 0.4) is 0 Å². The van der Waals surface area contributed by atoms with Gasteiger partial charge < -0.3 is 11.1 Å². The summed E-state index contributed by atoms with van der Waals surface area (Å²) in [7, 11) is 1.67. The van der Waals surface area contributed by atoms with Crippen LogP contribution in [0.4, 0.5) is 0 Å². The number of carbonyl (C=O) groups excluding carboxylic acids is 2. The van der Waals surface area contributed by atoms with Gasteiger partial charge in [-0.1, -0.05) is 0 Å². The molecule has 0 aliphatic heterocycles. The zero-order valence-corrected chi connectivity index (χ0v) is 13.6. The van der Waals surface area contributed by atoms with Crippen molar-refractivity contribution in [1.29, 1.82) is 0 Å². The molecule has 0 saturated carbocycles. The molecule has 18 heavy (non-hydrogen) atoms. The van der Waals surface area contributed by atoms with Crippen molar-refractivity contribution in [1.82, 2.24) is 9.55 Å². The molecule has 2 amide bonds. The molecule has 0 fully saturated rings. The zero-order valence-electron chi connectivity index (χ0n) is 10.4. The number of amides is 2. The summed E-state index contributed by atoms with van der Waals surface area (Å²) in [5.41, 5.74) is 5.46. The Morgan fingerprint density at radius 1 is 1.39 bits per heavy atom. The zero-order chi connectivity index (χ0) is 14.0. The van der Waals surface area contributed by atoms with Crippen molar-refractivity contribution in [2.45, 2.75) is 4.90 Å². The van der Waals surface area contributed by atoms with Gasteiger partial charge in [0.25, 0.3) is 0 Å². The average Bonchev–Trinajstić information content (AvgIpc) is 2.38. The van der Waals surface area contributed by atoms with Gasteiger partial charge in [0.1, 0.15) is 0 Å². The van der Waals surface area contributed by atoms with Crippen LogP contribution in [0.2, 0.25) is 0 Å². The summed E-state index contributed by atoms with van der Waals surface area (Å²) in [6, 6.07) is 7.59. The summed E-state index contributed by atoms with van der Waals surface area (Å²) in [6.45, 7) is 0.264. The maximum atomic E-state index is 11.3. The Balaban J connectivity index is 0.000000411. The van der Waals surface area contributed by atoms with E-state index in [1.54, 1.807) is 18.8 Å². The Morgan fingerprint density at radius 2 is 2.00 bits per heavy atom. The SMILES string of the molecule is CNCC(N)=O.CSc1ccccc1C(=O)N[AsH2]. The molecule has 0 aliphatic carbocycles. The Kier molecular flexibility index (Phi) is 9.46. The van der Waals surface area contributed by atoms with Crippen LogP contribution < -0.4 is 15.3 Å². The third kappa shape index (κ3) is 6.69. The van der Waals surface area contributed by atoms with Crippen molar-refractivity contribution in [3.8, 4) is 0 Å². The number of benzene rings is 1. The number of hydrogen-bond donors (Lipinski definition) is 3. The second kappa shape index (κ2) is 10.00. The molecule has 1 aromatic rings. The van der Waals surface area contributed by atoms with Gasteiger partial charge in [0.2, 0.25) is 5.91 Å². The number of carbonyl (C=O) groups is 2. The average molecular weight is 331 g/mol. The van der Waals surface area contributed by atoms with Gasteiger partial charge in [-0.15, -0.1) is 0 Å². The van der Waals surface area contributed by atoms with Gasteiger partial charge in [0.15, 0.2) is 0 Å². The fraction of sp³-hybridized carbons (Fsp3) is 0.273. The van der Waals surface area contributed by atoms with Crippen LogP contribution in [0.25, 0.3) is 0 Å². The van der Waals surface area contributed by atoms with E-state index in [4.69, 9.17) is 5.73 Å². The fourth-order valence-electron chi connectivity index (χ4n) is 1.08. The van der Waals surface area contributed by atoms with Crippen molar-refractivity contribution in [3.05, 3.63) is 29.8 Å². The van der Waals surface area contributed by atoms with Crippen LogP contribution >= 0.6 is 11.8 Å². The Labute approximate surface area is 120 Å². The second-order valence-electron chi connectivity index (χ2n) is 3.17. The van der Waals surface area contributed by atoms with E-state index in [1.165, 1.54) is 17.1 Å².